The van der Waals surface area contributed by atoms with Crippen LogP contribution in [0.15, 0.2) is 27.3 Å². The number of nitrogens with one attached hydrogen (secondary N) is 1. The van der Waals surface area contributed by atoms with Crippen LogP contribution in [-0.4, -0.2) is 35.6 Å². The van der Waals surface area contributed by atoms with Gasteiger partial charge in [-0.1, -0.05) is 38.8 Å². The SMILES string of the molecule is Cc1onc(C(C)(C)C)c1C(=O)NCC(c1ccco1)N1CCCCCC1. The number of rotatable bonds is 5. The molecule has 27 heavy (non-hydrogen) atoms. The van der Waals surface area contributed by atoms with Crippen LogP contribution in [-0.2, 0) is 5.41 Å². The quantitative estimate of drug-likeness (QED) is 0.849. The second kappa shape index (κ2) is 8.30. The van der Waals surface area contributed by atoms with Crippen molar-refractivity contribution in [1.82, 2.24) is 15.4 Å². The van der Waals surface area contributed by atoms with Crippen LogP contribution < -0.4 is 5.32 Å². The normalized spacial score (nSPS) is 17.5. The molecule has 0 radical (unpaired) electrons. The van der Waals surface area contributed by atoms with Gasteiger partial charge in [0, 0.05) is 12.0 Å². The Labute approximate surface area is 161 Å². The number of carbonyl (C=O) groups excluding carboxylic acids is 1. The number of hydrogen-bond acceptors (Lipinski definition) is 5. The second-order valence-corrected chi connectivity index (χ2v) is 8.40. The van der Waals surface area contributed by atoms with E-state index in [1.54, 1.807) is 13.2 Å². The summed E-state index contributed by atoms with van der Waals surface area (Å²) in [5, 5.41) is 7.23. The van der Waals surface area contributed by atoms with E-state index in [4.69, 9.17) is 8.94 Å². The predicted octanol–water partition coefficient (Wildman–Crippen LogP) is 4.22. The second-order valence-electron chi connectivity index (χ2n) is 8.40. The average molecular weight is 373 g/mol. The van der Waals surface area contributed by atoms with Crippen molar-refractivity contribution in [3.8, 4) is 0 Å². The van der Waals surface area contributed by atoms with Gasteiger partial charge < -0.3 is 14.3 Å². The zero-order valence-corrected chi connectivity index (χ0v) is 16.9. The lowest BCUT2D eigenvalue weighted by Gasteiger charge is -2.29. The zero-order chi connectivity index (χ0) is 19.4. The van der Waals surface area contributed by atoms with Crippen LogP contribution in [0.2, 0.25) is 0 Å². The predicted molar refractivity (Wildman–Crippen MR) is 104 cm³/mol. The first kappa shape index (κ1) is 19.7. The van der Waals surface area contributed by atoms with E-state index in [-0.39, 0.29) is 17.4 Å². The van der Waals surface area contributed by atoms with Crippen LogP contribution >= 0.6 is 0 Å². The highest BCUT2D eigenvalue weighted by atomic mass is 16.5. The molecule has 2 aromatic heterocycles. The number of likely N-dealkylation sites (tertiary alicyclic amines) is 1. The van der Waals surface area contributed by atoms with Gasteiger partial charge in [-0.05, 0) is 45.0 Å². The summed E-state index contributed by atoms with van der Waals surface area (Å²) >= 11 is 0. The number of furan rings is 1. The molecule has 0 bridgehead atoms. The monoisotopic (exact) mass is 373 g/mol. The summed E-state index contributed by atoms with van der Waals surface area (Å²) in [6.07, 6.45) is 6.60. The Bertz CT molecular complexity index is 735. The van der Waals surface area contributed by atoms with Gasteiger partial charge in [-0.15, -0.1) is 0 Å². The average Bonchev–Trinajstić information content (AvgIpc) is 3.19. The van der Waals surface area contributed by atoms with Crippen molar-refractivity contribution in [1.29, 1.82) is 0 Å². The molecular formula is C21H31N3O3. The first-order valence-corrected chi connectivity index (χ1v) is 9.90. The van der Waals surface area contributed by atoms with E-state index in [1.807, 2.05) is 32.9 Å². The van der Waals surface area contributed by atoms with Gasteiger partial charge >= 0.3 is 0 Å². The van der Waals surface area contributed by atoms with Gasteiger partial charge in [-0.3, -0.25) is 9.69 Å². The fraction of sp³-hybridized carbons (Fsp3) is 0.619. The van der Waals surface area contributed by atoms with E-state index in [2.05, 4.69) is 15.4 Å². The molecule has 148 valence electrons. The summed E-state index contributed by atoms with van der Waals surface area (Å²) in [6.45, 7) is 10.4. The van der Waals surface area contributed by atoms with Crippen LogP contribution in [0.25, 0.3) is 0 Å². The summed E-state index contributed by atoms with van der Waals surface area (Å²) in [5.74, 6) is 1.32. The maximum absolute atomic E-state index is 13.0. The van der Waals surface area contributed by atoms with E-state index in [9.17, 15) is 4.79 Å². The number of nitrogens with zero attached hydrogens (tertiary/aromatic N) is 2. The fourth-order valence-electron chi connectivity index (χ4n) is 3.73. The summed E-state index contributed by atoms with van der Waals surface area (Å²) in [4.78, 5) is 15.4. The van der Waals surface area contributed by atoms with Gasteiger partial charge in [0.2, 0.25) is 0 Å². The Morgan fingerprint density at radius 1 is 1.26 bits per heavy atom. The zero-order valence-electron chi connectivity index (χ0n) is 16.9. The molecule has 1 fully saturated rings. The highest BCUT2D eigenvalue weighted by Crippen LogP contribution is 2.28. The standard InChI is InChI=1S/C21H31N3O3/c1-15-18(19(23-27-15)21(2,3)4)20(25)22-14-16(17-10-9-13-26-17)24-11-7-5-6-8-12-24/h9-10,13,16H,5-8,11-12,14H2,1-4H3,(H,22,25). The third kappa shape index (κ3) is 4.61. The van der Waals surface area contributed by atoms with Crippen LogP contribution in [0.3, 0.4) is 0 Å². The third-order valence-electron chi connectivity index (χ3n) is 5.21. The molecule has 1 saturated heterocycles. The number of carbonyl (C=O) groups is 1. The lowest BCUT2D eigenvalue weighted by atomic mass is 9.88. The summed E-state index contributed by atoms with van der Waals surface area (Å²) in [6, 6.07) is 3.94. The Kier molecular flexibility index (Phi) is 6.05. The highest BCUT2D eigenvalue weighted by molar-refractivity contribution is 5.96. The van der Waals surface area contributed by atoms with Gasteiger partial charge in [0.25, 0.3) is 5.91 Å². The largest absolute Gasteiger partial charge is 0.468 e. The fourth-order valence-corrected chi connectivity index (χ4v) is 3.73. The van der Waals surface area contributed by atoms with Crippen molar-refractivity contribution in [3.05, 3.63) is 41.2 Å². The van der Waals surface area contributed by atoms with Gasteiger partial charge in [-0.2, -0.15) is 0 Å². The van der Waals surface area contributed by atoms with Crippen LogP contribution in [0.1, 0.15) is 80.1 Å². The Morgan fingerprint density at radius 2 is 1.96 bits per heavy atom. The van der Waals surface area contributed by atoms with E-state index >= 15 is 0 Å². The number of aryl methyl sites for hydroxylation is 1. The number of hydrogen-bond donors (Lipinski definition) is 1. The molecule has 0 spiro atoms. The molecule has 6 nitrogen and oxygen atoms in total. The van der Waals surface area contributed by atoms with Crippen LogP contribution in [0.4, 0.5) is 0 Å². The van der Waals surface area contributed by atoms with Crippen molar-refractivity contribution in [2.45, 2.75) is 64.8 Å². The maximum Gasteiger partial charge on any atom is 0.256 e. The topological polar surface area (TPSA) is 71.5 Å². The number of aromatic nitrogens is 1. The molecule has 0 saturated carbocycles. The summed E-state index contributed by atoms with van der Waals surface area (Å²) < 4.78 is 11.0. The van der Waals surface area contributed by atoms with E-state index < -0.39 is 0 Å². The Hall–Kier alpha value is -2.08. The summed E-state index contributed by atoms with van der Waals surface area (Å²) in [5.41, 5.74) is 0.994. The molecule has 3 rings (SSSR count). The minimum Gasteiger partial charge on any atom is -0.468 e. The molecule has 1 N–H and O–H groups in total. The molecule has 1 aliphatic heterocycles. The Morgan fingerprint density at radius 3 is 2.56 bits per heavy atom. The van der Waals surface area contributed by atoms with E-state index in [0.717, 1.165) is 18.8 Å². The highest BCUT2D eigenvalue weighted by Gasteiger charge is 2.30. The van der Waals surface area contributed by atoms with Gasteiger partial charge in [0.1, 0.15) is 22.8 Å². The smallest absolute Gasteiger partial charge is 0.256 e. The maximum atomic E-state index is 13.0. The van der Waals surface area contributed by atoms with Crippen molar-refractivity contribution in [2.75, 3.05) is 19.6 Å². The van der Waals surface area contributed by atoms with Crippen LogP contribution in [0, 0.1) is 6.92 Å². The van der Waals surface area contributed by atoms with Crippen molar-refractivity contribution in [2.24, 2.45) is 0 Å². The first-order chi connectivity index (χ1) is 12.9. The summed E-state index contributed by atoms with van der Waals surface area (Å²) in [7, 11) is 0. The van der Waals surface area contributed by atoms with Gasteiger partial charge in [0.05, 0.1) is 12.3 Å². The molecule has 0 aromatic carbocycles. The lowest BCUT2D eigenvalue weighted by molar-refractivity contribution is 0.0923. The molecule has 1 atom stereocenters. The molecule has 1 unspecified atom stereocenters. The van der Waals surface area contributed by atoms with Gasteiger partial charge in [-0.25, -0.2) is 0 Å². The third-order valence-corrected chi connectivity index (χ3v) is 5.21. The van der Waals surface area contributed by atoms with Crippen molar-refractivity contribution >= 4 is 5.91 Å². The minimum atomic E-state index is -0.254. The first-order valence-electron chi connectivity index (χ1n) is 9.90. The molecular weight excluding hydrogens is 342 g/mol. The van der Waals surface area contributed by atoms with Crippen molar-refractivity contribution in [3.63, 3.8) is 0 Å². The Balaban J connectivity index is 1.76. The van der Waals surface area contributed by atoms with Gasteiger partial charge in [0.15, 0.2) is 0 Å². The molecule has 3 heterocycles. The van der Waals surface area contributed by atoms with Crippen molar-refractivity contribution < 1.29 is 13.7 Å². The molecule has 1 aliphatic rings. The molecule has 0 aliphatic carbocycles. The molecule has 1 amide bonds. The van der Waals surface area contributed by atoms with E-state index in [0.29, 0.717) is 23.6 Å². The van der Waals surface area contributed by atoms with E-state index in [1.165, 1.54) is 25.7 Å². The molecule has 2 aromatic rings. The number of amides is 1. The van der Waals surface area contributed by atoms with Crippen LogP contribution in [0.5, 0.6) is 0 Å². The minimum absolute atomic E-state index is 0.0419. The lowest BCUT2D eigenvalue weighted by Crippen LogP contribution is -2.39. The molecule has 6 heteroatoms.